The van der Waals surface area contributed by atoms with Crippen LogP contribution in [0.5, 0.6) is 5.75 Å². The number of piperidine rings is 2. The van der Waals surface area contributed by atoms with Gasteiger partial charge in [0.25, 0.3) is 0 Å². The Morgan fingerprint density at radius 3 is 2.74 bits per heavy atom. The number of pyridine rings is 1. The molecule has 234 valence electrons. The first-order chi connectivity index (χ1) is 20.9. The van der Waals surface area contributed by atoms with Crippen LogP contribution in [0.4, 0.5) is 4.39 Å². The quantitative estimate of drug-likeness (QED) is 0.198. The molecule has 1 aromatic heterocycles. The highest BCUT2D eigenvalue weighted by atomic mass is 19.1. The minimum Gasteiger partial charge on any atom is -0.491 e. The Balaban J connectivity index is 1.36. The zero-order valence-corrected chi connectivity index (χ0v) is 25.0. The molecule has 3 unspecified atom stereocenters. The fourth-order valence-corrected chi connectivity index (χ4v) is 6.49. The lowest BCUT2D eigenvalue weighted by Gasteiger charge is -2.39. The van der Waals surface area contributed by atoms with Crippen LogP contribution in [0.25, 0.3) is 0 Å². The lowest BCUT2D eigenvalue weighted by atomic mass is 9.91. The number of aliphatic carboxylic acids is 1. The average Bonchev–Trinajstić information content (AvgIpc) is 3.03. The highest BCUT2D eigenvalue weighted by Gasteiger charge is 2.39. The summed E-state index contributed by atoms with van der Waals surface area (Å²) in [6, 6.07) is 8.69. The first-order valence-corrected chi connectivity index (χ1v) is 15.7. The molecule has 10 heteroatoms. The zero-order chi connectivity index (χ0) is 30.5. The Kier molecular flexibility index (Phi) is 12.5. The highest BCUT2D eigenvalue weighted by molar-refractivity contribution is 5.80. The van der Waals surface area contributed by atoms with Crippen molar-refractivity contribution < 1.29 is 33.1 Å². The van der Waals surface area contributed by atoms with Gasteiger partial charge >= 0.3 is 12.4 Å². The summed E-state index contributed by atoms with van der Waals surface area (Å²) in [5.41, 5.74) is 2.59. The number of hydrogen-bond donors (Lipinski definition) is 3. The van der Waals surface area contributed by atoms with E-state index in [1.807, 2.05) is 24.3 Å². The molecule has 2 fully saturated rings. The van der Waals surface area contributed by atoms with Crippen LogP contribution in [0.1, 0.15) is 67.7 Å². The Bertz CT molecular complexity index is 1210. The SMILES string of the molecule is O=C[N+]1(CCCC2CCNCC2)CCCC(C(=O)NC(CC(=O)O)c2cncc(CCc3cccc(OCCF)c3)c2)C1. The van der Waals surface area contributed by atoms with Crippen LogP contribution < -0.4 is 15.4 Å². The third kappa shape index (κ3) is 10.1. The van der Waals surface area contributed by atoms with Gasteiger partial charge in [-0.15, -0.1) is 0 Å². The first-order valence-electron chi connectivity index (χ1n) is 15.7. The predicted octanol–water partition coefficient (Wildman–Crippen LogP) is 4.01. The number of hydrogen-bond acceptors (Lipinski definition) is 6. The summed E-state index contributed by atoms with van der Waals surface area (Å²) in [6.45, 7) is 3.52. The number of amides is 2. The van der Waals surface area contributed by atoms with Crippen LogP contribution in [-0.2, 0) is 27.2 Å². The number of alkyl halides is 1. The van der Waals surface area contributed by atoms with E-state index in [0.717, 1.165) is 63.0 Å². The monoisotopic (exact) mass is 597 g/mol. The van der Waals surface area contributed by atoms with E-state index in [2.05, 4.69) is 15.6 Å². The molecule has 2 amide bonds. The number of carboxylic acid groups (broad SMARTS) is 1. The molecule has 2 aromatic rings. The topological polar surface area (TPSA) is 118 Å². The van der Waals surface area contributed by atoms with E-state index in [9.17, 15) is 23.9 Å². The van der Waals surface area contributed by atoms with E-state index in [-0.39, 0.29) is 24.9 Å². The number of nitrogens with zero attached hydrogens (tertiary/aromatic N) is 2. The minimum atomic E-state index is -1.01. The molecule has 4 rings (SSSR count). The first kappa shape index (κ1) is 32.5. The fourth-order valence-electron chi connectivity index (χ4n) is 6.49. The smallest absolute Gasteiger partial charge is 0.305 e. The summed E-state index contributed by atoms with van der Waals surface area (Å²) >= 11 is 0. The van der Waals surface area contributed by atoms with Crippen molar-refractivity contribution >= 4 is 18.3 Å². The maximum Gasteiger partial charge on any atom is 0.305 e. The number of benzene rings is 1. The van der Waals surface area contributed by atoms with Gasteiger partial charge in [-0.2, -0.15) is 0 Å². The molecular weight excluding hydrogens is 551 g/mol. The van der Waals surface area contributed by atoms with Gasteiger partial charge < -0.3 is 20.5 Å². The van der Waals surface area contributed by atoms with E-state index >= 15 is 0 Å². The summed E-state index contributed by atoms with van der Waals surface area (Å²) in [6.07, 6.45) is 11.3. The number of aryl methyl sites for hydroxylation is 2. The normalized spacial score (nSPS) is 21.6. The molecule has 2 aliphatic heterocycles. The Hall–Kier alpha value is -3.37. The van der Waals surface area contributed by atoms with Gasteiger partial charge in [0.05, 0.1) is 38.0 Å². The van der Waals surface area contributed by atoms with Crippen LogP contribution in [0.15, 0.2) is 42.7 Å². The molecule has 3 atom stereocenters. The molecule has 0 radical (unpaired) electrons. The predicted molar refractivity (Wildman–Crippen MR) is 161 cm³/mol. The second-order valence-electron chi connectivity index (χ2n) is 12.1. The molecule has 0 aliphatic carbocycles. The standard InChI is InChI=1S/C33H45FN4O5/c34-12-17-43-30-7-1-4-26(19-30)8-9-27-18-29(22-36-21-27)31(20-32(40)41)37-33(42)28-6-3-16-38(23-28,24-39)15-2-5-25-10-13-35-14-11-25/h1,4,7,18-19,21-22,24-25,28,31,35H,2-3,5-6,8-17,20,23H2,(H-,37,40,41,42)/p+1. The van der Waals surface area contributed by atoms with Crippen molar-refractivity contribution in [3.8, 4) is 5.75 Å². The van der Waals surface area contributed by atoms with Gasteiger partial charge in [0.2, 0.25) is 5.91 Å². The van der Waals surface area contributed by atoms with Crippen molar-refractivity contribution in [2.75, 3.05) is 46.0 Å². The number of carbonyl (C=O) groups is 3. The van der Waals surface area contributed by atoms with Gasteiger partial charge in [-0.05, 0) is 99.2 Å². The Morgan fingerprint density at radius 2 is 1.98 bits per heavy atom. The number of aromatic nitrogens is 1. The number of ether oxygens (including phenoxy) is 1. The summed E-state index contributed by atoms with van der Waals surface area (Å²) in [5.74, 6) is -0.251. The molecule has 3 heterocycles. The number of quaternary nitrogens is 1. The molecular formula is C33H46FN4O5+. The van der Waals surface area contributed by atoms with Gasteiger partial charge in [0, 0.05) is 12.4 Å². The zero-order valence-electron chi connectivity index (χ0n) is 25.0. The molecule has 2 aliphatic rings. The second-order valence-corrected chi connectivity index (χ2v) is 12.1. The van der Waals surface area contributed by atoms with Crippen molar-refractivity contribution in [2.24, 2.45) is 11.8 Å². The summed E-state index contributed by atoms with van der Waals surface area (Å²) < 4.78 is 18.1. The summed E-state index contributed by atoms with van der Waals surface area (Å²) in [5, 5.41) is 16.0. The van der Waals surface area contributed by atoms with E-state index in [1.54, 1.807) is 18.5 Å². The van der Waals surface area contributed by atoms with Gasteiger partial charge in [-0.25, -0.2) is 9.18 Å². The lowest BCUT2D eigenvalue weighted by Crippen LogP contribution is -2.56. The maximum atomic E-state index is 13.5. The Morgan fingerprint density at radius 1 is 1.16 bits per heavy atom. The van der Waals surface area contributed by atoms with Crippen LogP contribution in [0.2, 0.25) is 0 Å². The van der Waals surface area contributed by atoms with Crippen LogP contribution in [0.3, 0.4) is 0 Å². The Labute approximate surface area is 253 Å². The highest BCUT2D eigenvalue weighted by Crippen LogP contribution is 2.27. The molecule has 0 saturated carbocycles. The summed E-state index contributed by atoms with van der Waals surface area (Å²) in [4.78, 5) is 41.9. The number of rotatable bonds is 16. The third-order valence-electron chi connectivity index (χ3n) is 8.87. The van der Waals surface area contributed by atoms with E-state index < -0.39 is 18.7 Å². The molecule has 0 spiro atoms. The number of halogens is 1. The van der Waals surface area contributed by atoms with Crippen molar-refractivity contribution in [3.63, 3.8) is 0 Å². The third-order valence-corrected chi connectivity index (χ3v) is 8.87. The van der Waals surface area contributed by atoms with Gasteiger partial charge in [0.15, 0.2) is 0 Å². The summed E-state index contributed by atoms with van der Waals surface area (Å²) in [7, 11) is 0. The van der Waals surface area contributed by atoms with E-state index in [4.69, 9.17) is 4.74 Å². The van der Waals surface area contributed by atoms with Crippen LogP contribution >= 0.6 is 0 Å². The second kappa shape index (κ2) is 16.5. The van der Waals surface area contributed by atoms with Crippen molar-refractivity contribution in [3.05, 3.63) is 59.4 Å². The molecule has 43 heavy (non-hydrogen) atoms. The average molecular weight is 598 g/mol. The van der Waals surface area contributed by atoms with Crippen molar-refractivity contribution in [1.29, 1.82) is 0 Å². The fraction of sp³-hybridized carbons (Fsp3) is 0.576. The van der Waals surface area contributed by atoms with Crippen LogP contribution in [0, 0.1) is 11.8 Å². The van der Waals surface area contributed by atoms with E-state index in [1.165, 1.54) is 12.8 Å². The molecule has 2 saturated heterocycles. The molecule has 9 nitrogen and oxygen atoms in total. The maximum absolute atomic E-state index is 13.5. The van der Waals surface area contributed by atoms with Crippen molar-refractivity contribution in [2.45, 2.75) is 63.8 Å². The molecule has 3 N–H and O–H groups in total. The van der Waals surface area contributed by atoms with Gasteiger partial charge in [0.1, 0.15) is 19.0 Å². The number of carbonyl (C=O) groups excluding carboxylic acids is 2. The number of nitrogens with one attached hydrogen (secondary N) is 2. The molecule has 1 aromatic carbocycles. The number of likely N-dealkylation sites (tertiary alicyclic amines) is 1. The van der Waals surface area contributed by atoms with Crippen molar-refractivity contribution in [1.82, 2.24) is 15.6 Å². The minimum absolute atomic E-state index is 0.0145. The largest absolute Gasteiger partial charge is 0.491 e. The van der Waals surface area contributed by atoms with Gasteiger partial charge in [-0.3, -0.25) is 19.1 Å². The van der Waals surface area contributed by atoms with Gasteiger partial charge in [-0.1, -0.05) is 18.2 Å². The molecule has 0 bridgehead atoms. The number of carboxylic acids is 1. The van der Waals surface area contributed by atoms with E-state index in [0.29, 0.717) is 47.5 Å². The van der Waals surface area contributed by atoms with Crippen LogP contribution in [-0.4, -0.2) is 78.9 Å². The lowest BCUT2D eigenvalue weighted by molar-refractivity contribution is -0.854.